The van der Waals surface area contributed by atoms with Crippen molar-refractivity contribution in [3.63, 3.8) is 0 Å². The number of nitriles is 1. The highest BCUT2D eigenvalue weighted by Gasteiger charge is 2.19. The Morgan fingerprint density at radius 3 is 2.58 bits per heavy atom. The summed E-state index contributed by atoms with van der Waals surface area (Å²) in [6.07, 6.45) is 2.11. The van der Waals surface area contributed by atoms with E-state index < -0.39 is 0 Å². The van der Waals surface area contributed by atoms with Crippen LogP contribution in [0.5, 0.6) is 0 Å². The zero-order valence-electron chi connectivity index (χ0n) is 11.8. The molecular formula is C15H21BrN2O. The molecule has 0 radical (unpaired) electrons. The van der Waals surface area contributed by atoms with E-state index in [0.29, 0.717) is 18.2 Å². The molecule has 0 aliphatic rings. The Labute approximate surface area is 124 Å². The summed E-state index contributed by atoms with van der Waals surface area (Å²) in [4.78, 5) is 2.28. The SMILES string of the molecule is CCC(CC)N(CCOC)c1cccc(Br)c1C#N. The van der Waals surface area contributed by atoms with Crippen LogP contribution in [-0.2, 0) is 4.74 Å². The Morgan fingerprint density at radius 2 is 2.05 bits per heavy atom. The number of rotatable bonds is 7. The van der Waals surface area contributed by atoms with Gasteiger partial charge in [-0.25, -0.2) is 0 Å². The molecule has 0 N–H and O–H groups in total. The molecule has 1 rings (SSSR count). The van der Waals surface area contributed by atoms with Crippen molar-refractivity contribution in [3.8, 4) is 6.07 Å². The van der Waals surface area contributed by atoms with E-state index in [1.165, 1.54) is 0 Å². The van der Waals surface area contributed by atoms with Crippen molar-refractivity contribution in [2.75, 3.05) is 25.2 Å². The van der Waals surface area contributed by atoms with E-state index in [9.17, 15) is 5.26 Å². The first-order valence-electron chi connectivity index (χ1n) is 6.63. The molecule has 4 heteroatoms. The van der Waals surface area contributed by atoms with Gasteiger partial charge < -0.3 is 9.64 Å². The van der Waals surface area contributed by atoms with Crippen LogP contribution in [0.3, 0.4) is 0 Å². The molecule has 0 heterocycles. The van der Waals surface area contributed by atoms with E-state index >= 15 is 0 Å². The summed E-state index contributed by atoms with van der Waals surface area (Å²) in [5.41, 5.74) is 1.69. The summed E-state index contributed by atoms with van der Waals surface area (Å²) >= 11 is 3.46. The van der Waals surface area contributed by atoms with Gasteiger partial charge in [0, 0.05) is 24.2 Å². The fourth-order valence-corrected chi connectivity index (χ4v) is 2.73. The molecular weight excluding hydrogens is 304 g/mol. The molecule has 0 aliphatic heterocycles. The van der Waals surface area contributed by atoms with E-state index in [2.05, 4.69) is 40.7 Å². The number of halogens is 1. The van der Waals surface area contributed by atoms with Crippen molar-refractivity contribution < 1.29 is 4.74 Å². The van der Waals surface area contributed by atoms with E-state index in [1.807, 2.05) is 18.2 Å². The maximum absolute atomic E-state index is 9.36. The van der Waals surface area contributed by atoms with E-state index in [-0.39, 0.29) is 0 Å². The molecule has 0 saturated heterocycles. The van der Waals surface area contributed by atoms with Crippen LogP contribution in [0.25, 0.3) is 0 Å². The molecule has 0 spiro atoms. The second kappa shape index (κ2) is 8.19. The van der Waals surface area contributed by atoms with Gasteiger partial charge in [0.1, 0.15) is 6.07 Å². The van der Waals surface area contributed by atoms with Crippen LogP contribution in [0.15, 0.2) is 22.7 Å². The lowest BCUT2D eigenvalue weighted by molar-refractivity contribution is 0.202. The van der Waals surface area contributed by atoms with Gasteiger partial charge >= 0.3 is 0 Å². The van der Waals surface area contributed by atoms with Crippen molar-refractivity contribution in [1.82, 2.24) is 0 Å². The summed E-state index contributed by atoms with van der Waals surface area (Å²) in [5, 5.41) is 9.36. The second-order valence-corrected chi connectivity index (χ2v) is 5.26. The number of anilines is 1. The maximum atomic E-state index is 9.36. The third-order valence-electron chi connectivity index (χ3n) is 3.33. The van der Waals surface area contributed by atoms with Gasteiger partial charge in [-0.05, 0) is 40.9 Å². The van der Waals surface area contributed by atoms with Crippen molar-refractivity contribution in [1.29, 1.82) is 5.26 Å². The molecule has 0 unspecified atom stereocenters. The molecule has 0 saturated carbocycles. The average Bonchev–Trinajstić information content (AvgIpc) is 2.43. The third-order valence-corrected chi connectivity index (χ3v) is 3.99. The number of hydrogen-bond acceptors (Lipinski definition) is 3. The molecule has 1 aromatic carbocycles. The van der Waals surface area contributed by atoms with Gasteiger partial charge in [-0.3, -0.25) is 0 Å². The molecule has 0 aromatic heterocycles. The number of methoxy groups -OCH3 is 1. The first-order chi connectivity index (χ1) is 9.19. The fourth-order valence-electron chi connectivity index (χ4n) is 2.28. The quantitative estimate of drug-likeness (QED) is 0.761. The Hall–Kier alpha value is -1.05. The molecule has 0 amide bonds. The predicted molar refractivity (Wildman–Crippen MR) is 82.4 cm³/mol. The van der Waals surface area contributed by atoms with Crippen LogP contribution in [0.1, 0.15) is 32.3 Å². The van der Waals surface area contributed by atoms with Crippen LogP contribution in [-0.4, -0.2) is 26.3 Å². The lowest BCUT2D eigenvalue weighted by Gasteiger charge is -2.33. The summed E-state index contributed by atoms with van der Waals surface area (Å²) in [6, 6.07) is 8.61. The summed E-state index contributed by atoms with van der Waals surface area (Å²) in [5.74, 6) is 0. The first-order valence-corrected chi connectivity index (χ1v) is 7.43. The number of nitrogens with zero attached hydrogens (tertiary/aromatic N) is 2. The first kappa shape index (κ1) is 16.0. The molecule has 3 nitrogen and oxygen atoms in total. The van der Waals surface area contributed by atoms with Gasteiger partial charge in [0.2, 0.25) is 0 Å². The van der Waals surface area contributed by atoms with E-state index in [4.69, 9.17) is 4.74 Å². The van der Waals surface area contributed by atoms with E-state index in [0.717, 1.165) is 29.5 Å². The number of ether oxygens (including phenoxy) is 1. The fraction of sp³-hybridized carbons (Fsp3) is 0.533. The van der Waals surface area contributed by atoms with Crippen LogP contribution < -0.4 is 4.90 Å². The topological polar surface area (TPSA) is 36.3 Å². The lowest BCUT2D eigenvalue weighted by Crippen LogP contribution is -2.37. The van der Waals surface area contributed by atoms with Crippen LogP contribution in [0, 0.1) is 11.3 Å². The molecule has 1 aromatic rings. The summed E-state index contributed by atoms with van der Waals surface area (Å²) < 4.78 is 6.05. The Bertz CT molecular complexity index is 438. The highest BCUT2D eigenvalue weighted by molar-refractivity contribution is 9.10. The number of benzene rings is 1. The van der Waals surface area contributed by atoms with Crippen LogP contribution >= 0.6 is 15.9 Å². The third kappa shape index (κ3) is 3.95. The van der Waals surface area contributed by atoms with Gasteiger partial charge in [0.25, 0.3) is 0 Å². The zero-order chi connectivity index (χ0) is 14.3. The second-order valence-electron chi connectivity index (χ2n) is 4.40. The Kier molecular flexibility index (Phi) is 6.90. The monoisotopic (exact) mass is 324 g/mol. The number of hydrogen-bond donors (Lipinski definition) is 0. The minimum atomic E-state index is 0.427. The maximum Gasteiger partial charge on any atom is 0.103 e. The Balaban J connectivity index is 3.17. The molecule has 19 heavy (non-hydrogen) atoms. The summed E-state index contributed by atoms with van der Waals surface area (Å²) in [6.45, 7) is 5.82. The molecule has 0 atom stereocenters. The van der Waals surface area contributed by atoms with Crippen molar-refractivity contribution in [2.24, 2.45) is 0 Å². The van der Waals surface area contributed by atoms with Gasteiger partial charge in [0.05, 0.1) is 17.9 Å². The van der Waals surface area contributed by atoms with Crippen molar-refractivity contribution >= 4 is 21.6 Å². The lowest BCUT2D eigenvalue weighted by atomic mass is 10.1. The Morgan fingerprint density at radius 1 is 1.37 bits per heavy atom. The van der Waals surface area contributed by atoms with Crippen LogP contribution in [0.4, 0.5) is 5.69 Å². The zero-order valence-corrected chi connectivity index (χ0v) is 13.4. The van der Waals surface area contributed by atoms with Gasteiger partial charge in [0.15, 0.2) is 0 Å². The average molecular weight is 325 g/mol. The van der Waals surface area contributed by atoms with Gasteiger partial charge in [-0.1, -0.05) is 19.9 Å². The predicted octanol–water partition coefficient (Wildman–Crippen LogP) is 3.96. The smallest absolute Gasteiger partial charge is 0.103 e. The standard InChI is InChI=1S/C15H21BrN2O/c1-4-12(5-2)18(9-10-19-3)15-8-6-7-14(16)13(15)11-17/h6-8,12H,4-5,9-10H2,1-3H3. The highest BCUT2D eigenvalue weighted by atomic mass is 79.9. The molecule has 0 fully saturated rings. The highest BCUT2D eigenvalue weighted by Crippen LogP contribution is 2.29. The molecule has 0 aliphatic carbocycles. The molecule has 104 valence electrons. The minimum Gasteiger partial charge on any atom is -0.383 e. The largest absolute Gasteiger partial charge is 0.383 e. The van der Waals surface area contributed by atoms with Crippen LogP contribution in [0.2, 0.25) is 0 Å². The molecule has 0 bridgehead atoms. The normalized spacial score (nSPS) is 10.5. The van der Waals surface area contributed by atoms with Gasteiger partial charge in [-0.15, -0.1) is 0 Å². The van der Waals surface area contributed by atoms with Crippen molar-refractivity contribution in [2.45, 2.75) is 32.7 Å². The van der Waals surface area contributed by atoms with E-state index in [1.54, 1.807) is 7.11 Å². The summed E-state index contributed by atoms with van der Waals surface area (Å²) in [7, 11) is 1.71. The minimum absolute atomic E-state index is 0.427. The van der Waals surface area contributed by atoms with Gasteiger partial charge in [-0.2, -0.15) is 5.26 Å². The van der Waals surface area contributed by atoms with Crippen molar-refractivity contribution in [3.05, 3.63) is 28.2 Å².